The smallest absolute Gasteiger partial charge is 0.294 e. The molecule has 4 N–H and O–H groups in total. The van der Waals surface area contributed by atoms with Crippen LogP contribution in [-0.2, 0) is 10.1 Å². The second-order valence-corrected chi connectivity index (χ2v) is 9.74. The molecule has 0 aliphatic heterocycles. The first-order chi connectivity index (χ1) is 16.8. The molecule has 0 bridgehead atoms. The molecule has 8 heteroatoms. The summed E-state index contributed by atoms with van der Waals surface area (Å²) in [4.78, 5) is 7.34. The van der Waals surface area contributed by atoms with Crippen LogP contribution in [0.15, 0.2) is 89.8 Å². The first-order valence-electron chi connectivity index (χ1n) is 10.7. The van der Waals surface area contributed by atoms with Gasteiger partial charge in [0.25, 0.3) is 10.1 Å². The highest BCUT2D eigenvalue weighted by Gasteiger charge is 2.18. The van der Waals surface area contributed by atoms with Gasteiger partial charge < -0.3 is 15.2 Å². The number of benzene rings is 5. The van der Waals surface area contributed by atoms with E-state index in [4.69, 9.17) is 0 Å². The summed E-state index contributed by atoms with van der Waals surface area (Å²) in [6, 6.07) is 25.0. The topological polar surface area (TPSA) is 124 Å². The predicted molar refractivity (Wildman–Crippen MR) is 135 cm³/mol. The molecule has 0 saturated heterocycles. The van der Waals surface area contributed by atoms with Gasteiger partial charge in [0.05, 0.1) is 21.4 Å². The summed E-state index contributed by atoms with van der Waals surface area (Å²) in [6.07, 6.45) is 0. The van der Waals surface area contributed by atoms with Gasteiger partial charge >= 0.3 is 0 Å². The third-order valence-electron chi connectivity index (χ3n) is 6.17. The number of nitrogens with one attached hydrogen (secondary N) is 1. The Morgan fingerprint density at radius 3 is 2.34 bits per heavy atom. The summed E-state index contributed by atoms with van der Waals surface area (Å²) >= 11 is 0. The number of aromatic hydroxyl groups is 2. The fourth-order valence-electron chi connectivity index (χ4n) is 4.54. The molecule has 1 heterocycles. The third kappa shape index (κ3) is 3.47. The monoisotopic (exact) mass is 482 g/mol. The van der Waals surface area contributed by atoms with Crippen molar-refractivity contribution >= 4 is 42.7 Å². The predicted octanol–water partition coefficient (Wildman–Crippen LogP) is 5.86. The molecule has 0 aliphatic rings. The molecule has 7 nitrogen and oxygen atoms in total. The van der Waals surface area contributed by atoms with E-state index in [-0.39, 0.29) is 11.5 Å². The fraction of sp³-hybridized carbons (Fsp3) is 0. The van der Waals surface area contributed by atoms with Crippen LogP contribution in [0.1, 0.15) is 0 Å². The number of imidazole rings is 1. The van der Waals surface area contributed by atoms with Crippen molar-refractivity contribution in [1.82, 2.24) is 9.97 Å². The zero-order valence-electron chi connectivity index (χ0n) is 18.1. The number of phenolic OH excluding ortho intramolecular Hbond substituents is 2. The second-order valence-electron chi connectivity index (χ2n) is 8.32. The molecule has 172 valence electrons. The minimum absolute atomic E-state index is 0.0386. The molecule has 0 amide bonds. The van der Waals surface area contributed by atoms with Crippen LogP contribution in [0.2, 0.25) is 0 Å². The Bertz CT molecular complexity index is 1900. The van der Waals surface area contributed by atoms with Crippen molar-refractivity contribution in [2.75, 3.05) is 0 Å². The van der Waals surface area contributed by atoms with Crippen LogP contribution in [0, 0.1) is 0 Å². The van der Waals surface area contributed by atoms with Crippen LogP contribution in [0.25, 0.3) is 55.1 Å². The van der Waals surface area contributed by atoms with Gasteiger partial charge in [-0.25, -0.2) is 4.98 Å². The second kappa shape index (κ2) is 7.56. The van der Waals surface area contributed by atoms with Gasteiger partial charge in [-0.1, -0.05) is 54.6 Å². The van der Waals surface area contributed by atoms with Crippen molar-refractivity contribution in [3.8, 4) is 34.0 Å². The van der Waals surface area contributed by atoms with Crippen LogP contribution in [-0.4, -0.2) is 33.2 Å². The van der Waals surface area contributed by atoms with Gasteiger partial charge in [-0.3, -0.25) is 4.55 Å². The quantitative estimate of drug-likeness (QED) is 0.234. The van der Waals surface area contributed by atoms with Crippen molar-refractivity contribution in [3.05, 3.63) is 84.9 Å². The third-order valence-corrected chi connectivity index (χ3v) is 7.00. The maximum atomic E-state index is 11.5. The highest BCUT2D eigenvalue weighted by Crippen LogP contribution is 2.38. The van der Waals surface area contributed by atoms with E-state index in [0.717, 1.165) is 28.0 Å². The van der Waals surface area contributed by atoms with Crippen LogP contribution >= 0.6 is 0 Å². The summed E-state index contributed by atoms with van der Waals surface area (Å²) < 4.78 is 32.4. The Labute approximate surface area is 199 Å². The van der Waals surface area contributed by atoms with E-state index in [1.807, 2.05) is 48.5 Å². The average molecular weight is 483 g/mol. The summed E-state index contributed by atoms with van der Waals surface area (Å²) in [5.74, 6) is 0.110. The van der Waals surface area contributed by atoms with Crippen molar-refractivity contribution in [2.45, 2.75) is 4.90 Å². The van der Waals surface area contributed by atoms with Crippen molar-refractivity contribution in [3.63, 3.8) is 0 Å². The molecule has 0 radical (unpaired) electrons. The molecule has 0 atom stereocenters. The van der Waals surface area contributed by atoms with E-state index in [9.17, 15) is 23.2 Å². The average Bonchev–Trinajstić information content (AvgIpc) is 3.27. The first kappa shape index (κ1) is 21.2. The van der Waals surface area contributed by atoms with Gasteiger partial charge in [-0.15, -0.1) is 0 Å². The number of hydrogen-bond acceptors (Lipinski definition) is 5. The Morgan fingerprint density at radius 1 is 0.743 bits per heavy atom. The molecular formula is C27H18N2O5S. The Hall–Kier alpha value is -4.40. The zero-order chi connectivity index (χ0) is 24.3. The normalized spacial score (nSPS) is 12.0. The minimum atomic E-state index is -4.48. The first-order valence-corrected chi connectivity index (χ1v) is 12.2. The lowest BCUT2D eigenvalue weighted by Crippen LogP contribution is -1.97. The molecule has 35 heavy (non-hydrogen) atoms. The molecule has 0 spiro atoms. The minimum Gasteiger partial charge on any atom is -0.507 e. The van der Waals surface area contributed by atoms with Gasteiger partial charge in [0.2, 0.25) is 0 Å². The van der Waals surface area contributed by atoms with Crippen molar-refractivity contribution in [2.24, 2.45) is 0 Å². The molecule has 0 unspecified atom stereocenters. The number of rotatable bonds is 3. The molecule has 0 fully saturated rings. The van der Waals surface area contributed by atoms with Gasteiger partial charge in [-0.05, 0) is 51.6 Å². The molecule has 0 saturated carbocycles. The zero-order valence-corrected chi connectivity index (χ0v) is 18.9. The maximum Gasteiger partial charge on any atom is 0.294 e. The van der Waals surface area contributed by atoms with Gasteiger partial charge in [-0.2, -0.15) is 8.42 Å². The van der Waals surface area contributed by atoms with E-state index in [1.165, 1.54) is 6.07 Å². The SMILES string of the molecule is O=S(=O)(O)c1cc(O)c2c(ccc3[nH]c(-c4ccc(-c5cccc6ccccc56)cc4O)nc32)c1. The Balaban J connectivity index is 1.48. The van der Waals surface area contributed by atoms with Crippen molar-refractivity contribution in [1.29, 1.82) is 0 Å². The van der Waals surface area contributed by atoms with Crippen LogP contribution in [0.5, 0.6) is 11.5 Å². The molecule has 5 aromatic carbocycles. The van der Waals surface area contributed by atoms with Crippen LogP contribution in [0.4, 0.5) is 0 Å². The van der Waals surface area contributed by atoms with Crippen molar-refractivity contribution < 1.29 is 23.2 Å². The van der Waals surface area contributed by atoms with Gasteiger partial charge in [0, 0.05) is 6.07 Å². The lowest BCUT2D eigenvalue weighted by molar-refractivity contribution is 0.471. The van der Waals surface area contributed by atoms with E-state index in [1.54, 1.807) is 24.3 Å². The van der Waals surface area contributed by atoms with E-state index < -0.39 is 15.0 Å². The molecule has 1 aromatic heterocycles. The summed E-state index contributed by atoms with van der Waals surface area (Å²) in [5, 5.41) is 24.3. The van der Waals surface area contributed by atoms with E-state index in [2.05, 4.69) is 9.97 Å². The largest absolute Gasteiger partial charge is 0.507 e. The number of aromatic nitrogens is 2. The summed E-state index contributed by atoms with van der Waals surface area (Å²) in [5.41, 5.74) is 3.35. The highest BCUT2D eigenvalue weighted by atomic mass is 32.2. The highest BCUT2D eigenvalue weighted by molar-refractivity contribution is 7.85. The van der Waals surface area contributed by atoms with E-state index in [0.29, 0.717) is 33.2 Å². The number of phenols is 2. The number of hydrogen-bond donors (Lipinski definition) is 4. The number of nitrogens with zero attached hydrogens (tertiary/aromatic N) is 1. The Morgan fingerprint density at radius 2 is 1.54 bits per heavy atom. The van der Waals surface area contributed by atoms with Gasteiger partial charge in [0.15, 0.2) is 0 Å². The lowest BCUT2D eigenvalue weighted by Gasteiger charge is -2.09. The lowest BCUT2D eigenvalue weighted by atomic mass is 9.97. The molecule has 6 rings (SSSR count). The number of aromatic amines is 1. The van der Waals surface area contributed by atoms with E-state index >= 15 is 0 Å². The summed E-state index contributed by atoms with van der Waals surface area (Å²) in [6.45, 7) is 0. The van der Waals surface area contributed by atoms with Crippen LogP contribution in [0.3, 0.4) is 0 Å². The maximum absolute atomic E-state index is 11.5. The summed E-state index contributed by atoms with van der Waals surface area (Å²) in [7, 11) is -4.48. The molecule has 6 aromatic rings. The number of fused-ring (bicyclic) bond motifs is 4. The number of H-pyrrole nitrogens is 1. The molecule has 0 aliphatic carbocycles. The standard InChI is InChI=1S/C27H18N2O5S/c30-23-13-16(20-7-3-5-15-4-1-2-6-19(15)20)8-10-21(23)27-28-22-11-9-17-12-18(35(32,33)34)14-24(31)25(17)26(22)29-27/h1-14,30-31H,(H,28,29)(H,32,33,34). The van der Waals surface area contributed by atoms with Gasteiger partial charge in [0.1, 0.15) is 22.8 Å². The Kier molecular flexibility index (Phi) is 4.57. The molecular weight excluding hydrogens is 464 g/mol. The van der Waals surface area contributed by atoms with Crippen LogP contribution < -0.4 is 0 Å². The fourth-order valence-corrected chi connectivity index (χ4v) is 5.07.